The van der Waals surface area contributed by atoms with Crippen molar-refractivity contribution in [2.75, 3.05) is 32.4 Å². The molecule has 0 saturated heterocycles. The number of amides is 2. The molecule has 1 aromatic rings. The first-order valence-electron chi connectivity index (χ1n) is 4.58. The third-order valence-electron chi connectivity index (χ3n) is 2.09. The minimum absolute atomic E-state index is 0.0489. The Morgan fingerprint density at radius 2 is 2.06 bits per heavy atom. The second-order valence-electron chi connectivity index (χ2n) is 3.36. The standard InChI is InChI=1S/C8H14N4O4S/c1-11(8(13)12(2)16-3)7-9-5-6(10-7)17(4,14)15/h5H,1-4H3,(H,9,10). The van der Waals surface area contributed by atoms with Gasteiger partial charge in [-0.05, 0) is 0 Å². The van der Waals surface area contributed by atoms with Crippen LogP contribution in [0.5, 0.6) is 0 Å². The number of rotatable bonds is 3. The summed E-state index contributed by atoms with van der Waals surface area (Å²) in [6.07, 6.45) is 2.20. The summed E-state index contributed by atoms with van der Waals surface area (Å²) in [5, 5.41) is 0.940. The predicted octanol–water partition coefficient (Wildman–Crippen LogP) is -0.137. The summed E-state index contributed by atoms with van der Waals surface area (Å²) in [5.41, 5.74) is 0. The van der Waals surface area contributed by atoms with Gasteiger partial charge in [-0.25, -0.2) is 23.3 Å². The highest BCUT2D eigenvalue weighted by molar-refractivity contribution is 7.90. The molecule has 9 heteroatoms. The summed E-state index contributed by atoms with van der Waals surface area (Å²) < 4.78 is 22.4. The number of hydroxylamine groups is 2. The van der Waals surface area contributed by atoms with E-state index in [-0.39, 0.29) is 11.0 Å². The zero-order valence-electron chi connectivity index (χ0n) is 9.96. The first-order chi connectivity index (χ1) is 7.77. The molecule has 0 bridgehead atoms. The van der Waals surface area contributed by atoms with Gasteiger partial charge in [-0.3, -0.25) is 9.74 Å². The van der Waals surface area contributed by atoms with Gasteiger partial charge in [0, 0.05) is 20.4 Å². The van der Waals surface area contributed by atoms with Crippen molar-refractivity contribution in [1.29, 1.82) is 0 Å². The number of imidazole rings is 1. The molecule has 0 aliphatic heterocycles. The molecule has 96 valence electrons. The van der Waals surface area contributed by atoms with E-state index in [0.717, 1.165) is 22.4 Å². The summed E-state index contributed by atoms with van der Waals surface area (Å²) in [6.45, 7) is 0. The van der Waals surface area contributed by atoms with E-state index in [2.05, 4.69) is 9.97 Å². The lowest BCUT2D eigenvalue weighted by Gasteiger charge is -2.20. The van der Waals surface area contributed by atoms with Crippen LogP contribution in [-0.4, -0.2) is 56.9 Å². The molecule has 1 heterocycles. The average molecular weight is 262 g/mol. The first kappa shape index (κ1) is 13.5. The molecular weight excluding hydrogens is 248 g/mol. The molecule has 2 amide bonds. The summed E-state index contributed by atoms with van der Waals surface area (Å²) >= 11 is 0. The van der Waals surface area contributed by atoms with Gasteiger partial charge in [0.1, 0.15) is 0 Å². The van der Waals surface area contributed by atoms with Crippen LogP contribution in [0.25, 0.3) is 0 Å². The Balaban J connectivity index is 2.95. The van der Waals surface area contributed by atoms with Gasteiger partial charge in [0.25, 0.3) is 0 Å². The Morgan fingerprint density at radius 1 is 1.47 bits per heavy atom. The van der Waals surface area contributed by atoms with Crippen LogP contribution in [0, 0.1) is 0 Å². The van der Waals surface area contributed by atoms with Crippen LogP contribution in [0.1, 0.15) is 0 Å². The number of hydrogen-bond donors (Lipinski definition) is 1. The van der Waals surface area contributed by atoms with Crippen LogP contribution in [0.4, 0.5) is 10.7 Å². The van der Waals surface area contributed by atoms with E-state index in [1.54, 1.807) is 0 Å². The highest BCUT2D eigenvalue weighted by Gasteiger charge is 2.20. The van der Waals surface area contributed by atoms with Crippen LogP contribution >= 0.6 is 0 Å². The number of nitrogens with one attached hydrogen (secondary N) is 1. The van der Waals surface area contributed by atoms with Gasteiger partial charge >= 0.3 is 6.03 Å². The predicted molar refractivity (Wildman–Crippen MR) is 60.3 cm³/mol. The molecule has 0 aromatic carbocycles. The van der Waals surface area contributed by atoms with Crippen molar-refractivity contribution in [2.45, 2.75) is 5.03 Å². The number of aromatic nitrogens is 2. The number of aromatic amines is 1. The fraction of sp³-hybridized carbons (Fsp3) is 0.500. The van der Waals surface area contributed by atoms with Crippen molar-refractivity contribution in [3.8, 4) is 0 Å². The maximum Gasteiger partial charge on any atom is 0.350 e. The summed E-state index contributed by atoms with van der Waals surface area (Å²) in [6, 6.07) is -0.484. The van der Waals surface area contributed by atoms with Crippen molar-refractivity contribution in [3.05, 3.63) is 6.20 Å². The van der Waals surface area contributed by atoms with E-state index in [9.17, 15) is 13.2 Å². The number of hydrogen-bond acceptors (Lipinski definition) is 5. The number of H-pyrrole nitrogens is 1. The van der Waals surface area contributed by atoms with Gasteiger partial charge < -0.3 is 4.98 Å². The fourth-order valence-electron chi connectivity index (χ4n) is 1.03. The maximum absolute atomic E-state index is 11.7. The van der Waals surface area contributed by atoms with Crippen LogP contribution in [0.15, 0.2) is 11.2 Å². The number of sulfone groups is 1. The van der Waals surface area contributed by atoms with Crippen molar-refractivity contribution >= 4 is 21.8 Å². The van der Waals surface area contributed by atoms with E-state index in [4.69, 9.17) is 4.84 Å². The van der Waals surface area contributed by atoms with Crippen LogP contribution in [0.3, 0.4) is 0 Å². The maximum atomic E-state index is 11.7. The molecule has 1 aromatic heterocycles. The minimum atomic E-state index is -3.37. The van der Waals surface area contributed by atoms with Crippen LogP contribution < -0.4 is 4.90 Å². The number of carbonyl (C=O) groups excluding carboxylic acids is 1. The summed E-state index contributed by atoms with van der Waals surface area (Å²) in [7, 11) is 0.852. The molecule has 0 saturated carbocycles. The van der Waals surface area contributed by atoms with Crippen molar-refractivity contribution in [1.82, 2.24) is 15.0 Å². The Bertz CT molecular complexity index is 509. The number of carbonyl (C=O) groups is 1. The number of urea groups is 1. The molecule has 0 aliphatic carbocycles. The molecule has 0 unspecified atom stereocenters. The number of nitrogens with zero attached hydrogens (tertiary/aromatic N) is 3. The van der Waals surface area contributed by atoms with Gasteiger partial charge in [-0.15, -0.1) is 0 Å². The second-order valence-corrected chi connectivity index (χ2v) is 5.35. The van der Waals surface area contributed by atoms with Gasteiger partial charge in [-0.1, -0.05) is 0 Å². The lowest BCUT2D eigenvalue weighted by Crippen LogP contribution is -2.38. The minimum Gasteiger partial charge on any atom is -0.315 e. The van der Waals surface area contributed by atoms with Crippen LogP contribution in [0.2, 0.25) is 0 Å². The van der Waals surface area contributed by atoms with E-state index in [0.29, 0.717) is 0 Å². The Hall–Kier alpha value is -1.61. The lowest BCUT2D eigenvalue weighted by atomic mass is 10.7. The molecule has 0 radical (unpaired) electrons. The highest BCUT2D eigenvalue weighted by atomic mass is 32.2. The largest absolute Gasteiger partial charge is 0.350 e. The summed E-state index contributed by atoms with van der Waals surface area (Å²) in [4.78, 5) is 23.8. The molecule has 0 spiro atoms. The normalized spacial score (nSPS) is 11.3. The van der Waals surface area contributed by atoms with Crippen molar-refractivity contribution in [3.63, 3.8) is 0 Å². The molecule has 0 aliphatic rings. The Morgan fingerprint density at radius 3 is 2.47 bits per heavy atom. The Labute approximate surface area is 99.1 Å². The molecule has 1 N–H and O–H groups in total. The quantitative estimate of drug-likeness (QED) is 0.765. The van der Waals surface area contributed by atoms with Crippen molar-refractivity contribution < 1.29 is 18.0 Å². The van der Waals surface area contributed by atoms with Crippen LogP contribution in [-0.2, 0) is 14.7 Å². The van der Waals surface area contributed by atoms with E-state index >= 15 is 0 Å². The molecule has 1 rings (SSSR count). The average Bonchev–Trinajstić information content (AvgIpc) is 2.74. The second kappa shape index (κ2) is 4.72. The molecule has 0 atom stereocenters. The zero-order valence-corrected chi connectivity index (χ0v) is 10.8. The van der Waals surface area contributed by atoms with E-state index in [1.807, 2.05) is 0 Å². The topological polar surface area (TPSA) is 95.6 Å². The lowest BCUT2D eigenvalue weighted by molar-refractivity contribution is -0.0619. The zero-order chi connectivity index (χ0) is 13.2. The van der Waals surface area contributed by atoms with E-state index < -0.39 is 15.9 Å². The molecular formula is C8H14N4O4S. The Kier molecular flexibility index (Phi) is 3.73. The fourth-order valence-corrected chi connectivity index (χ4v) is 1.55. The third-order valence-corrected chi connectivity index (χ3v) is 3.09. The van der Waals surface area contributed by atoms with Crippen molar-refractivity contribution in [2.24, 2.45) is 0 Å². The molecule has 0 fully saturated rings. The van der Waals surface area contributed by atoms with Gasteiger partial charge in [0.05, 0.1) is 13.3 Å². The first-order valence-corrected chi connectivity index (χ1v) is 6.47. The monoisotopic (exact) mass is 262 g/mol. The van der Waals surface area contributed by atoms with E-state index in [1.165, 1.54) is 21.2 Å². The summed E-state index contributed by atoms with van der Waals surface area (Å²) in [5.74, 6) is 0.124. The van der Waals surface area contributed by atoms with Gasteiger partial charge in [0.15, 0.2) is 14.9 Å². The highest BCUT2D eigenvalue weighted by Crippen LogP contribution is 2.12. The number of anilines is 1. The van der Waals surface area contributed by atoms with Gasteiger partial charge in [-0.2, -0.15) is 0 Å². The SMILES string of the molecule is CON(C)C(=O)N(C)c1ncc(S(C)(=O)=O)[nH]1. The molecule has 8 nitrogen and oxygen atoms in total. The smallest absolute Gasteiger partial charge is 0.315 e. The third kappa shape index (κ3) is 2.94. The van der Waals surface area contributed by atoms with Gasteiger partial charge in [0.2, 0.25) is 5.95 Å². The molecule has 17 heavy (non-hydrogen) atoms.